The van der Waals surface area contributed by atoms with Crippen LogP contribution < -0.4 is 10.5 Å². The third-order valence-electron chi connectivity index (χ3n) is 3.90. The average Bonchev–Trinajstić information content (AvgIpc) is 2.87. The minimum atomic E-state index is -0.520. The van der Waals surface area contributed by atoms with Crippen molar-refractivity contribution in [1.29, 1.82) is 0 Å². The normalized spacial score (nSPS) is 16.8. The predicted molar refractivity (Wildman–Crippen MR) is 87.5 cm³/mol. The third-order valence-corrected chi connectivity index (χ3v) is 4.92. The zero-order valence-electron chi connectivity index (χ0n) is 12.9. The fourth-order valence-electron chi connectivity index (χ4n) is 2.57. The Kier molecular flexibility index (Phi) is 4.04. The van der Waals surface area contributed by atoms with Gasteiger partial charge >= 0.3 is 0 Å². The van der Waals surface area contributed by atoms with Gasteiger partial charge in [-0.25, -0.2) is 4.98 Å². The topological polar surface area (TPSA) is 85.5 Å². The van der Waals surface area contributed by atoms with Crippen LogP contribution in [0.2, 0.25) is 0 Å². The maximum absolute atomic E-state index is 12.7. The first-order valence-electron chi connectivity index (χ1n) is 7.23. The first-order valence-corrected chi connectivity index (χ1v) is 8.05. The molecule has 7 heteroatoms. The van der Waals surface area contributed by atoms with E-state index in [0.717, 1.165) is 21.2 Å². The zero-order chi connectivity index (χ0) is 16.6. The van der Waals surface area contributed by atoms with Crippen molar-refractivity contribution in [2.75, 3.05) is 13.7 Å². The van der Waals surface area contributed by atoms with E-state index in [1.165, 1.54) is 16.2 Å². The lowest BCUT2D eigenvalue weighted by atomic mass is 10.0. The fourth-order valence-corrected chi connectivity index (χ4v) is 3.49. The Labute approximate surface area is 137 Å². The van der Waals surface area contributed by atoms with Gasteiger partial charge in [-0.15, -0.1) is 11.3 Å². The number of nitrogens with two attached hydrogens (primary N) is 1. The summed E-state index contributed by atoms with van der Waals surface area (Å²) in [5, 5.41) is 0.801. The summed E-state index contributed by atoms with van der Waals surface area (Å²) in [5.74, 6) is 0.0390. The number of ether oxygens (including phenoxy) is 1. The monoisotopic (exact) mass is 331 g/mol. The third kappa shape index (κ3) is 2.79. The highest BCUT2D eigenvalue weighted by atomic mass is 32.1. The number of amides is 2. The number of aryl methyl sites for hydroxylation is 1. The molecule has 0 spiro atoms. The highest BCUT2D eigenvalue weighted by molar-refractivity contribution is 7.15. The molecule has 0 saturated carbocycles. The average molecular weight is 331 g/mol. The van der Waals surface area contributed by atoms with E-state index >= 15 is 0 Å². The van der Waals surface area contributed by atoms with E-state index < -0.39 is 11.9 Å². The van der Waals surface area contributed by atoms with Gasteiger partial charge in [0.15, 0.2) is 0 Å². The van der Waals surface area contributed by atoms with Crippen LogP contribution in [0.15, 0.2) is 24.3 Å². The number of carbonyl (C=O) groups is 2. The largest absolute Gasteiger partial charge is 0.497 e. The molecule has 1 saturated heterocycles. The van der Waals surface area contributed by atoms with Crippen LogP contribution in [0.25, 0.3) is 10.4 Å². The van der Waals surface area contributed by atoms with Crippen LogP contribution in [0.4, 0.5) is 0 Å². The fraction of sp³-hybridized carbons (Fsp3) is 0.312. The quantitative estimate of drug-likeness (QED) is 0.926. The summed E-state index contributed by atoms with van der Waals surface area (Å²) in [6, 6.07) is 6.95. The summed E-state index contributed by atoms with van der Waals surface area (Å²) in [7, 11) is 1.61. The van der Waals surface area contributed by atoms with Gasteiger partial charge in [-0.1, -0.05) is 0 Å². The summed E-state index contributed by atoms with van der Waals surface area (Å²) in [5.41, 5.74) is 6.60. The zero-order valence-corrected chi connectivity index (χ0v) is 13.7. The summed E-state index contributed by atoms with van der Waals surface area (Å²) in [4.78, 5) is 30.7. The Morgan fingerprint density at radius 3 is 2.57 bits per heavy atom. The number of benzene rings is 1. The SMILES string of the molecule is COc1ccc(-c2sc(C)nc2C(=O)N2CCC2C(N)=O)cc1. The number of thiazole rings is 1. The van der Waals surface area contributed by atoms with Gasteiger partial charge < -0.3 is 15.4 Å². The minimum absolute atomic E-state index is 0.241. The van der Waals surface area contributed by atoms with Crippen LogP contribution in [0, 0.1) is 6.92 Å². The van der Waals surface area contributed by atoms with E-state index in [0.29, 0.717) is 18.7 Å². The maximum Gasteiger partial charge on any atom is 0.274 e. The number of aromatic nitrogens is 1. The predicted octanol–water partition coefficient (Wildman–Crippen LogP) is 1.83. The summed E-state index contributed by atoms with van der Waals surface area (Å²) in [6.45, 7) is 2.39. The molecule has 1 aliphatic heterocycles. The molecule has 1 aliphatic rings. The molecule has 0 radical (unpaired) electrons. The van der Waals surface area contributed by atoms with Gasteiger partial charge in [-0.2, -0.15) is 0 Å². The smallest absolute Gasteiger partial charge is 0.274 e. The van der Waals surface area contributed by atoms with Crippen molar-refractivity contribution in [2.45, 2.75) is 19.4 Å². The molecule has 0 bridgehead atoms. The molecule has 3 rings (SSSR count). The lowest BCUT2D eigenvalue weighted by molar-refractivity contribution is -0.125. The minimum Gasteiger partial charge on any atom is -0.497 e. The second-order valence-corrected chi connectivity index (χ2v) is 6.55. The second-order valence-electron chi connectivity index (χ2n) is 5.34. The Bertz CT molecular complexity index is 754. The van der Waals surface area contributed by atoms with Crippen molar-refractivity contribution in [1.82, 2.24) is 9.88 Å². The highest BCUT2D eigenvalue weighted by Gasteiger charge is 2.38. The number of rotatable bonds is 4. The molecule has 1 aromatic heterocycles. The summed E-state index contributed by atoms with van der Waals surface area (Å²) in [6.07, 6.45) is 0.613. The van der Waals surface area contributed by atoms with Gasteiger partial charge in [0.05, 0.1) is 17.0 Å². The summed E-state index contributed by atoms with van der Waals surface area (Å²) < 4.78 is 5.15. The number of carbonyl (C=O) groups excluding carboxylic acids is 2. The number of hydrogen-bond donors (Lipinski definition) is 1. The van der Waals surface area contributed by atoms with Crippen LogP contribution in [-0.4, -0.2) is 41.4 Å². The first-order chi connectivity index (χ1) is 11.0. The van der Waals surface area contributed by atoms with Gasteiger partial charge in [0.25, 0.3) is 5.91 Å². The molecule has 23 heavy (non-hydrogen) atoms. The van der Waals surface area contributed by atoms with Crippen LogP contribution in [0.5, 0.6) is 5.75 Å². The molecule has 2 N–H and O–H groups in total. The van der Waals surface area contributed by atoms with Crippen molar-refractivity contribution < 1.29 is 14.3 Å². The molecule has 0 aliphatic carbocycles. The van der Waals surface area contributed by atoms with Crippen molar-refractivity contribution in [3.8, 4) is 16.2 Å². The molecular weight excluding hydrogens is 314 g/mol. The lowest BCUT2D eigenvalue weighted by Gasteiger charge is -2.38. The van der Waals surface area contributed by atoms with Crippen LogP contribution in [-0.2, 0) is 4.79 Å². The van der Waals surface area contributed by atoms with E-state index in [-0.39, 0.29) is 5.91 Å². The van der Waals surface area contributed by atoms with Crippen molar-refractivity contribution >= 4 is 23.2 Å². The van der Waals surface area contributed by atoms with E-state index in [4.69, 9.17) is 10.5 Å². The molecular formula is C16H17N3O3S. The standard InChI is InChI=1S/C16H17N3O3S/c1-9-18-13(16(21)19-8-7-12(19)15(17)20)14(23-9)10-3-5-11(22-2)6-4-10/h3-6,12H,7-8H2,1-2H3,(H2,17,20). The highest BCUT2D eigenvalue weighted by Crippen LogP contribution is 2.33. The van der Waals surface area contributed by atoms with Gasteiger partial charge in [0, 0.05) is 6.54 Å². The molecule has 1 atom stereocenters. The lowest BCUT2D eigenvalue weighted by Crippen LogP contribution is -2.57. The van der Waals surface area contributed by atoms with Crippen LogP contribution >= 0.6 is 11.3 Å². The molecule has 1 unspecified atom stereocenters. The maximum atomic E-state index is 12.7. The van der Waals surface area contributed by atoms with Crippen molar-refractivity contribution in [2.24, 2.45) is 5.73 Å². The van der Waals surface area contributed by atoms with Crippen LogP contribution in [0.1, 0.15) is 21.9 Å². The number of nitrogens with zero attached hydrogens (tertiary/aromatic N) is 2. The Hall–Kier alpha value is -2.41. The number of likely N-dealkylation sites (tertiary alicyclic amines) is 1. The van der Waals surface area contributed by atoms with Crippen molar-refractivity contribution in [3.05, 3.63) is 35.0 Å². The van der Waals surface area contributed by atoms with E-state index in [1.54, 1.807) is 7.11 Å². The molecule has 2 heterocycles. The summed E-state index contributed by atoms with van der Waals surface area (Å²) >= 11 is 1.46. The number of primary amides is 1. The van der Waals surface area contributed by atoms with Gasteiger partial charge in [0.2, 0.25) is 5.91 Å². The first kappa shape index (κ1) is 15.5. The van der Waals surface area contributed by atoms with Crippen molar-refractivity contribution in [3.63, 3.8) is 0 Å². The molecule has 1 aromatic carbocycles. The van der Waals surface area contributed by atoms with Crippen LogP contribution in [0.3, 0.4) is 0 Å². The molecule has 6 nitrogen and oxygen atoms in total. The van der Waals surface area contributed by atoms with E-state index in [2.05, 4.69) is 4.98 Å². The van der Waals surface area contributed by atoms with Gasteiger partial charge in [-0.05, 0) is 43.2 Å². The molecule has 2 amide bonds. The Morgan fingerprint density at radius 2 is 2.04 bits per heavy atom. The second kappa shape index (κ2) is 6.00. The molecule has 120 valence electrons. The van der Waals surface area contributed by atoms with E-state index in [1.807, 2.05) is 31.2 Å². The molecule has 1 fully saturated rings. The molecule has 2 aromatic rings. The Balaban J connectivity index is 1.94. The Morgan fingerprint density at radius 1 is 1.35 bits per heavy atom. The van der Waals surface area contributed by atoms with Gasteiger partial charge in [-0.3, -0.25) is 9.59 Å². The number of hydrogen-bond acceptors (Lipinski definition) is 5. The van der Waals surface area contributed by atoms with Gasteiger partial charge in [0.1, 0.15) is 17.5 Å². The van der Waals surface area contributed by atoms with E-state index in [9.17, 15) is 9.59 Å². The number of methoxy groups -OCH3 is 1.